The van der Waals surface area contributed by atoms with Crippen LogP contribution in [-0.2, 0) is 14.8 Å². The van der Waals surface area contributed by atoms with Gasteiger partial charge in [-0.3, -0.25) is 19.2 Å². The van der Waals surface area contributed by atoms with Crippen molar-refractivity contribution in [2.75, 3.05) is 11.9 Å². The lowest BCUT2D eigenvalue weighted by Gasteiger charge is -2.12. The summed E-state index contributed by atoms with van der Waals surface area (Å²) in [6.07, 6.45) is 0.307. The Morgan fingerprint density at radius 2 is 1.81 bits per heavy atom. The van der Waals surface area contributed by atoms with Crippen LogP contribution in [0.5, 0.6) is 0 Å². The van der Waals surface area contributed by atoms with E-state index in [-0.39, 0.29) is 17.1 Å². The molecule has 0 unspecified atom stereocenters. The molecule has 0 atom stereocenters. The molecule has 0 fully saturated rings. The second kappa shape index (κ2) is 5.67. The quantitative estimate of drug-likeness (QED) is 0.658. The number of non-ortho nitro benzene ring substituents is 1. The van der Waals surface area contributed by atoms with Crippen molar-refractivity contribution in [3.63, 3.8) is 0 Å². The molecule has 0 saturated carbocycles. The second-order valence-electron chi connectivity index (χ2n) is 5.91. The molecule has 0 radical (unpaired) electrons. The number of rotatable bonds is 3. The van der Waals surface area contributed by atoms with Crippen LogP contribution in [0.4, 0.5) is 11.4 Å². The van der Waals surface area contributed by atoms with Crippen LogP contribution in [0.2, 0.25) is 0 Å². The molecule has 26 heavy (non-hydrogen) atoms. The van der Waals surface area contributed by atoms with Gasteiger partial charge in [-0.25, -0.2) is 8.42 Å². The molecule has 9 heteroatoms. The Morgan fingerprint density at radius 3 is 2.50 bits per heavy atom. The van der Waals surface area contributed by atoms with E-state index in [1.54, 1.807) is 18.2 Å². The number of carbonyl (C=O) groups is 1. The molecule has 4 rings (SSSR count). The minimum absolute atomic E-state index is 0.0760. The van der Waals surface area contributed by atoms with E-state index < -0.39 is 20.9 Å². The van der Waals surface area contributed by atoms with Crippen molar-refractivity contribution in [3.05, 3.63) is 69.8 Å². The van der Waals surface area contributed by atoms with Crippen LogP contribution in [-0.4, -0.2) is 30.1 Å². The number of fused-ring (bicyclic) bond motifs is 3. The number of nitrogens with one attached hydrogen (secondary N) is 1. The predicted octanol–water partition coefficient (Wildman–Crippen LogP) is 2.35. The molecule has 0 saturated heterocycles. The van der Waals surface area contributed by atoms with Crippen molar-refractivity contribution in [3.8, 4) is 0 Å². The first-order valence-electron chi connectivity index (χ1n) is 7.81. The molecule has 1 amide bonds. The summed E-state index contributed by atoms with van der Waals surface area (Å²) in [7, 11) is -3.62. The summed E-state index contributed by atoms with van der Waals surface area (Å²) < 4.78 is 26.4. The maximum Gasteiger partial charge on any atom is 0.269 e. The zero-order chi connectivity index (χ0) is 18.5. The average Bonchev–Trinajstić information content (AvgIpc) is 3.15. The minimum Gasteiger partial charge on any atom is -0.322 e. The summed E-state index contributed by atoms with van der Waals surface area (Å²) in [4.78, 5) is 23.0. The molecule has 2 aliphatic heterocycles. The lowest BCUT2D eigenvalue weighted by molar-refractivity contribution is -0.384. The van der Waals surface area contributed by atoms with E-state index in [1.807, 2.05) is 0 Å². The SMILES string of the molecule is O=C(Nc1ccc([N+](=O)[O-])cc1)C1=C2c3ccccc3S(=O)(=O)N2CC1. The molecule has 8 nitrogen and oxygen atoms in total. The molecule has 2 heterocycles. The van der Waals surface area contributed by atoms with Gasteiger partial charge in [0.25, 0.3) is 21.6 Å². The van der Waals surface area contributed by atoms with Crippen LogP contribution in [0.1, 0.15) is 12.0 Å². The van der Waals surface area contributed by atoms with E-state index in [1.165, 1.54) is 34.6 Å². The highest BCUT2D eigenvalue weighted by atomic mass is 32.2. The van der Waals surface area contributed by atoms with Crippen molar-refractivity contribution < 1.29 is 18.1 Å². The van der Waals surface area contributed by atoms with Crippen molar-refractivity contribution in [1.29, 1.82) is 0 Å². The molecule has 2 aromatic carbocycles. The monoisotopic (exact) mass is 371 g/mol. The Bertz CT molecular complexity index is 1070. The second-order valence-corrected chi connectivity index (χ2v) is 7.74. The van der Waals surface area contributed by atoms with Gasteiger partial charge in [-0.15, -0.1) is 0 Å². The molecule has 132 valence electrons. The highest BCUT2D eigenvalue weighted by Crippen LogP contribution is 2.44. The van der Waals surface area contributed by atoms with Crippen molar-refractivity contribution in [2.24, 2.45) is 0 Å². The molecular formula is C17H13N3O5S. The van der Waals surface area contributed by atoms with E-state index in [0.29, 0.717) is 28.9 Å². The maximum atomic E-state index is 12.7. The van der Waals surface area contributed by atoms with Crippen LogP contribution < -0.4 is 5.32 Å². The first kappa shape index (κ1) is 16.3. The van der Waals surface area contributed by atoms with Gasteiger partial charge in [-0.05, 0) is 24.6 Å². The highest BCUT2D eigenvalue weighted by molar-refractivity contribution is 7.90. The molecule has 2 aromatic rings. The van der Waals surface area contributed by atoms with Crippen LogP contribution in [0.15, 0.2) is 59.0 Å². The topological polar surface area (TPSA) is 110 Å². The molecule has 1 N–H and O–H groups in total. The van der Waals surface area contributed by atoms with Gasteiger partial charge in [-0.2, -0.15) is 0 Å². The smallest absolute Gasteiger partial charge is 0.269 e. The van der Waals surface area contributed by atoms with Crippen molar-refractivity contribution in [1.82, 2.24) is 4.31 Å². The van der Waals surface area contributed by atoms with Crippen molar-refractivity contribution in [2.45, 2.75) is 11.3 Å². The lowest BCUT2D eigenvalue weighted by Crippen LogP contribution is -2.21. The highest BCUT2D eigenvalue weighted by Gasteiger charge is 2.43. The molecular weight excluding hydrogens is 358 g/mol. The number of sulfonamides is 1. The lowest BCUT2D eigenvalue weighted by atomic mass is 10.1. The van der Waals surface area contributed by atoms with Gasteiger partial charge in [0, 0.05) is 35.5 Å². The Balaban J connectivity index is 1.69. The van der Waals surface area contributed by atoms with Gasteiger partial charge in [-0.1, -0.05) is 18.2 Å². The Morgan fingerprint density at radius 1 is 1.12 bits per heavy atom. The van der Waals surface area contributed by atoms with Gasteiger partial charge in [0.2, 0.25) is 0 Å². The van der Waals surface area contributed by atoms with Crippen LogP contribution in [0, 0.1) is 10.1 Å². The summed E-state index contributed by atoms with van der Waals surface area (Å²) >= 11 is 0. The number of hydrogen-bond acceptors (Lipinski definition) is 5. The van der Waals surface area contributed by atoms with Gasteiger partial charge in [0.1, 0.15) is 0 Å². The van der Waals surface area contributed by atoms with Crippen LogP contribution in [0.3, 0.4) is 0 Å². The van der Waals surface area contributed by atoms with Crippen LogP contribution >= 0.6 is 0 Å². The number of nitrogens with zero attached hydrogens (tertiary/aromatic N) is 2. The van der Waals surface area contributed by atoms with E-state index in [0.717, 1.165) is 0 Å². The number of nitro groups is 1. The van der Waals surface area contributed by atoms with Gasteiger partial charge in [0.05, 0.1) is 15.5 Å². The number of benzene rings is 2. The van der Waals surface area contributed by atoms with Gasteiger partial charge in [0.15, 0.2) is 0 Å². The Hall–Kier alpha value is -3.20. The standard InChI is InChI=1S/C17H13N3O5S/c21-17(18-11-5-7-12(8-6-11)20(22)23)14-9-10-19-16(14)13-3-1-2-4-15(13)26(19,24)25/h1-8H,9-10H2,(H,18,21). The fraction of sp³-hybridized carbons (Fsp3) is 0.118. The number of anilines is 1. The normalized spacial score (nSPS) is 17.0. The minimum atomic E-state index is -3.62. The third-order valence-corrected chi connectivity index (χ3v) is 6.28. The van der Waals surface area contributed by atoms with Gasteiger partial charge < -0.3 is 5.32 Å². The van der Waals surface area contributed by atoms with E-state index in [9.17, 15) is 23.3 Å². The summed E-state index contributed by atoms with van der Waals surface area (Å²) in [5.41, 5.74) is 1.66. The predicted molar refractivity (Wildman–Crippen MR) is 93.6 cm³/mol. The van der Waals surface area contributed by atoms with Gasteiger partial charge >= 0.3 is 0 Å². The van der Waals surface area contributed by atoms with E-state index >= 15 is 0 Å². The number of nitro benzene ring substituents is 1. The third kappa shape index (κ3) is 2.36. The summed E-state index contributed by atoms with van der Waals surface area (Å²) in [5.74, 6) is -0.414. The van der Waals surface area contributed by atoms with E-state index in [2.05, 4.69) is 5.32 Å². The average molecular weight is 371 g/mol. The first-order valence-corrected chi connectivity index (χ1v) is 9.25. The first-order chi connectivity index (χ1) is 12.4. The van der Waals surface area contributed by atoms with Crippen LogP contribution in [0.25, 0.3) is 5.70 Å². The molecule has 0 spiro atoms. The zero-order valence-electron chi connectivity index (χ0n) is 13.4. The zero-order valence-corrected chi connectivity index (χ0v) is 14.2. The molecule has 0 bridgehead atoms. The number of carbonyl (C=O) groups excluding carboxylic acids is 1. The fourth-order valence-corrected chi connectivity index (χ4v) is 4.94. The molecule has 2 aliphatic rings. The van der Waals surface area contributed by atoms with Crippen molar-refractivity contribution >= 4 is 33.0 Å². The summed E-state index contributed by atoms with van der Waals surface area (Å²) in [6.45, 7) is 0.218. The third-order valence-electron chi connectivity index (χ3n) is 4.42. The maximum absolute atomic E-state index is 12.7. The largest absolute Gasteiger partial charge is 0.322 e. The number of amides is 1. The fourth-order valence-electron chi connectivity index (χ4n) is 3.23. The Labute approximate surface area is 148 Å². The Kier molecular flexibility index (Phi) is 3.55. The summed E-state index contributed by atoms with van der Waals surface area (Å²) in [5, 5.41) is 13.4. The summed E-state index contributed by atoms with van der Waals surface area (Å²) in [6, 6.07) is 12.1. The molecule has 0 aliphatic carbocycles. The van der Waals surface area contributed by atoms with E-state index in [4.69, 9.17) is 0 Å². The molecule has 0 aromatic heterocycles. The number of hydrogen-bond donors (Lipinski definition) is 1.